The molecular formula is C16H24N4O3S. The van der Waals surface area contributed by atoms with Gasteiger partial charge in [0.05, 0.1) is 23.5 Å². The summed E-state index contributed by atoms with van der Waals surface area (Å²) < 4.78 is 33.0. The van der Waals surface area contributed by atoms with Crippen molar-refractivity contribution in [2.45, 2.75) is 49.0 Å². The molecule has 0 bridgehead atoms. The predicted octanol–water partition coefficient (Wildman–Crippen LogP) is 1.03. The Labute approximate surface area is 143 Å². The Morgan fingerprint density at radius 3 is 2.79 bits per heavy atom. The van der Waals surface area contributed by atoms with Gasteiger partial charge >= 0.3 is 0 Å². The Bertz CT molecular complexity index is 695. The monoisotopic (exact) mass is 352 g/mol. The molecule has 0 aromatic carbocycles. The molecule has 0 radical (unpaired) electrons. The first kappa shape index (κ1) is 16.2. The summed E-state index contributed by atoms with van der Waals surface area (Å²) in [6.07, 6.45) is 7.68. The third kappa shape index (κ3) is 2.91. The van der Waals surface area contributed by atoms with E-state index >= 15 is 0 Å². The number of nitrogens with zero attached hydrogens (tertiary/aromatic N) is 4. The molecule has 8 heteroatoms. The number of rotatable bonds is 4. The maximum Gasteiger partial charge on any atom is 0.225 e. The average molecular weight is 352 g/mol. The van der Waals surface area contributed by atoms with Gasteiger partial charge < -0.3 is 9.64 Å². The number of piperidine rings is 1. The second-order valence-corrected chi connectivity index (χ2v) is 9.41. The lowest BCUT2D eigenvalue weighted by Gasteiger charge is -2.39. The van der Waals surface area contributed by atoms with E-state index < -0.39 is 10.0 Å². The van der Waals surface area contributed by atoms with Gasteiger partial charge in [0, 0.05) is 39.0 Å². The molecule has 24 heavy (non-hydrogen) atoms. The summed E-state index contributed by atoms with van der Waals surface area (Å²) in [6, 6.07) is 1.97. The molecular weight excluding hydrogens is 328 g/mol. The van der Waals surface area contributed by atoms with Crippen LogP contribution >= 0.6 is 0 Å². The Morgan fingerprint density at radius 2 is 2.08 bits per heavy atom. The summed E-state index contributed by atoms with van der Waals surface area (Å²) in [4.78, 5) is 10.6. The third-order valence-corrected chi connectivity index (χ3v) is 7.76. The maximum atomic E-state index is 12.6. The van der Waals surface area contributed by atoms with Crippen LogP contribution in [0.5, 0.6) is 0 Å². The van der Waals surface area contributed by atoms with Crippen LogP contribution in [0.15, 0.2) is 18.5 Å². The van der Waals surface area contributed by atoms with Gasteiger partial charge in [0.25, 0.3) is 0 Å². The van der Waals surface area contributed by atoms with Gasteiger partial charge in [0.15, 0.2) is 0 Å². The molecule has 2 saturated heterocycles. The van der Waals surface area contributed by atoms with Crippen LogP contribution in [0.3, 0.4) is 0 Å². The number of aromatic nitrogens is 2. The molecule has 7 nitrogen and oxygen atoms in total. The third-order valence-electron chi connectivity index (χ3n) is 5.41. The number of ether oxygens (including phenoxy) is 1. The molecule has 1 aromatic rings. The molecule has 1 aromatic heterocycles. The Morgan fingerprint density at radius 1 is 1.33 bits per heavy atom. The minimum Gasteiger partial charge on any atom is -0.371 e. The minimum atomic E-state index is -3.13. The molecule has 3 fully saturated rings. The molecule has 3 heterocycles. The number of sulfonamides is 1. The highest BCUT2D eigenvalue weighted by molar-refractivity contribution is 7.90. The van der Waals surface area contributed by atoms with Gasteiger partial charge in [-0.15, -0.1) is 0 Å². The Balaban J connectivity index is 1.47. The largest absolute Gasteiger partial charge is 0.371 e. The van der Waals surface area contributed by atoms with Gasteiger partial charge in [-0.3, -0.25) is 0 Å². The lowest BCUT2D eigenvalue weighted by Crippen LogP contribution is -2.51. The SMILES string of the molecule is CN(c1ncccn1)[C@H]1CO[C@]2(CCCN(S(=O)(=O)C3CC3)C2)C1. The zero-order valence-electron chi connectivity index (χ0n) is 14.0. The summed E-state index contributed by atoms with van der Waals surface area (Å²) in [5.41, 5.74) is -0.353. The fourth-order valence-corrected chi connectivity index (χ4v) is 5.79. The van der Waals surface area contributed by atoms with Crippen molar-refractivity contribution in [1.82, 2.24) is 14.3 Å². The molecule has 4 rings (SSSR count). The van der Waals surface area contributed by atoms with Crippen molar-refractivity contribution in [2.75, 3.05) is 31.6 Å². The van der Waals surface area contributed by atoms with Gasteiger partial charge in [0.2, 0.25) is 16.0 Å². The van der Waals surface area contributed by atoms with E-state index in [2.05, 4.69) is 9.97 Å². The molecule has 1 aliphatic carbocycles. The minimum absolute atomic E-state index is 0.148. The van der Waals surface area contributed by atoms with E-state index in [9.17, 15) is 8.42 Å². The van der Waals surface area contributed by atoms with Gasteiger partial charge in [-0.25, -0.2) is 18.4 Å². The molecule has 132 valence electrons. The fraction of sp³-hybridized carbons (Fsp3) is 0.750. The van der Waals surface area contributed by atoms with Crippen LogP contribution in [0.25, 0.3) is 0 Å². The van der Waals surface area contributed by atoms with Gasteiger partial charge in [-0.05, 0) is 31.7 Å². The summed E-state index contributed by atoms with van der Waals surface area (Å²) in [7, 11) is -1.15. The second kappa shape index (κ2) is 5.93. The van der Waals surface area contributed by atoms with Crippen LogP contribution in [0.2, 0.25) is 0 Å². The van der Waals surface area contributed by atoms with E-state index in [1.54, 1.807) is 22.8 Å². The van der Waals surface area contributed by atoms with Crippen molar-refractivity contribution < 1.29 is 13.2 Å². The molecule has 0 unspecified atom stereocenters. The lowest BCUT2D eigenvalue weighted by atomic mass is 9.89. The molecule has 1 spiro atoms. The van der Waals surface area contributed by atoms with Crippen LogP contribution in [-0.4, -0.2) is 66.3 Å². The van der Waals surface area contributed by atoms with E-state index in [1.165, 1.54) is 0 Å². The van der Waals surface area contributed by atoms with Crippen molar-refractivity contribution in [3.63, 3.8) is 0 Å². The van der Waals surface area contributed by atoms with Crippen molar-refractivity contribution >= 4 is 16.0 Å². The summed E-state index contributed by atoms with van der Waals surface area (Å²) in [5.74, 6) is 0.682. The van der Waals surface area contributed by atoms with Crippen molar-refractivity contribution in [2.24, 2.45) is 0 Å². The normalized spacial score (nSPS) is 31.5. The van der Waals surface area contributed by atoms with E-state index in [-0.39, 0.29) is 16.9 Å². The fourth-order valence-electron chi connectivity index (χ4n) is 3.84. The van der Waals surface area contributed by atoms with Gasteiger partial charge in [-0.2, -0.15) is 4.31 Å². The number of hydrogen-bond donors (Lipinski definition) is 0. The second-order valence-electron chi connectivity index (χ2n) is 7.19. The smallest absolute Gasteiger partial charge is 0.225 e. The van der Waals surface area contributed by atoms with Crippen molar-refractivity contribution in [3.8, 4) is 0 Å². The highest BCUT2D eigenvalue weighted by Crippen LogP contribution is 2.40. The Kier molecular flexibility index (Phi) is 4.01. The van der Waals surface area contributed by atoms with E-state index in [0.717, 1.165) is 32.1 Å². The van der Waals surface area contributed by atoms with Crippen LogP contribution in [0.4, 0.5) is 5.95 Å². The standard InChI is InChI=1S/C16H24N4O3S/c1-19(15-17-7-3-8-18-15)13-10-16(23-11-13)6-2-9-20(12-16)24(21,22)14-4-5-14/h3,7-8,13-14H,2,4-6,9-12H2,1H3/t13-,16-/m1/s1. The molecule has 0 N–H and O–H groups in total. The zero-order chi connectivity index (χ0) is 16.8. The molecule has 2 atom stereocenters. The summed E-state index contributed by atoms with van der Waals surface area (Å²) in [6.45, 7) is 1.71. The first-order chi connectivity index (χ1) is 11.5. The Hall–Kier alpha value is -1.25. The lowest BCUT2D eigenvalue weighted by molar-refractivity contribution is -0.0330. The number of hydrogen-bond acceptors (Lipinski definition) is 6. The first-order valence-corrected chi connectivity index (χ1v) is 10.1. The summed E-state index contributed by atoms with van der Waals surface area (Å²) in [5, 5.41) is -0.148. The van der Waals surface area contributed by atoms with Crippen molar-refractivity contribution in [3.05, 3.63) is 18.5 Å². The first-order valence-electron chi connectivity index (χ1n) is 8.63. The molecule has 0 amide bonds. The van der Waals surface area contributed by atoms with Crippen LogP contribution in [-0.2, 0) is 14.8 Å². The molecule has 3 aliphatic rings. The molecule has 1 saturated carbocycles. The quantitative estimate of drug-likeness (QED) is 0.806. The van der Waals surface area contributed by atoms with Gasteiger partial charge in [-0.1, -0.05) is 0 Å². The van der Waals surface area contributed by atoms with Crippen LogP contribution in [0, 0.1) is 0 Å². The topological polar surface area (TPSA) is 75.6 Å². The highest BCUT2D eigenvalue weighted by atomic mass is 32.2. The number of anilines is 1. The van der Waals surface area contributed by atoms with E-state index in [1.807, 2.05) is 11.9 Å². The maximum absolute atomic E-state index is 12.6. The predicted molar refractivity (Wildman–Crippen MR) is 90.3 cm³/mol. The van der Waals surface area contributed by atoms with E-state index in [4.69, 9.17) is 4.74 Å². The molecule has 2 aliphatic heterocycles. The van der Waals surface area contributed by atoms with E-state index in [0.29, 0.717) is 25.6 Å². The number of likely N-dealkylation sites (N-methyl/N-ethyl adjacent to an activating group) is 1. The van der Waals surface area contributed by atoms with Gasteiger partial charge in [0.1, 0.15) is 0 Å². The highest BCUT2D eigenvalue weighted by Gasteiger charge is 2.49. The average Bonchev–Trinajstić information content (AvgIpc) is 3.39. The van der Waals surface area contributed by atoms with Crippen LogP contribution < -0.4 is 4.90 Å². The van der Waals surface area contributed by atoms with Crippen molar-refractivity contribution in [1.29, 1.82) is 0 Å². The summed E-state index contributed by atoms with van der Waals surface area (Å²) >= 11 is 0. The van der Waals surface area contributed by atoms with Crippen LogP contribution in [0.1, 0.15) is 32.1 Å². The zero-order valence-corrected chi connectivity index (χ0v) is 14.8.